The smallest absolute Gasteiger partial charge is 0.369 e. The Kier molecular flexibility index (Phi) is 2.77. The second kappa shape index (κ2) is 4.04. The molecule has 0 atom stereocenters. The van der Waals surface area contributed by atoms with Gasteiger partial charge in [0.15, 0.2) is 0 Å². The molecule has 0 aliphatic heterocycles. The third-order valence-electron chi connectivity index (χ3n) is 2.35. The highest BCUT2D eigenvalue weighted by Gasteiger charge is 2.25. The van der Waals surface area contributed by atoms with Gasteiger partial charge >= 0.3 is 5.97 Å². The van der Waals surface area contributed by atoms with Crippen molar-refractivity contribution in [2.45, 2.75) is 32.1 Å². The van der Waals surface area contributed by atoms with Crippen molar-refractivity contribution in [3.63, 3.8) is 0 Å². The topological polar surface area (TPSA) is 52.1 Å². The summed E-state index contributed by atoms with van der Waals surface area (Å²) < 4.78 is 4.84. The normalized spacial score (nSPS) is 16.4. The van der Waals surface area contributed by atoms with Crippen LogP contribution in [-0.4, -0.2) is 22.8 Å². The van der Waals surface area contributed by atoms with Crippen LogP contribution in [0.5, 0.6) is 0 Å². The highest BCUT2D eigenvalue weighted by atomic mass is 32.1. The van der Waals surface area contributed by atoms with E-state index in [1.54, 1.807) is 6.92 Å². The number of aromatic nitrogens is 2. The molecule has 14 heavy (non-hydrogen) atoms. The third kappa shape index (κ3) is 1.77. The first kappa shape index (κ1) is 9.58. The Morgan fingerprint density at radius 1 is 1.57 bits per heavy atom. The molecule has 76 valence electrons. The van der Waals surface area contributed by atoms with Crippen LogP contribution in [0.15, 0.2) is 0 Å². The van der Waals surface area contributed by atoms with Gasteiger partial charge in [0, 0.05) is 5.92 Å². The van der Waals surface area contributed by atoms with E-state index in [9.17, 15) is 4.79 Å². The molecule has 1 heterocycles. The molecule has 1 aliphatic rings. The molecule has 1 aliphatic carbocycles. The van der Waals surface area contributed by atoms with E-state index in [-0.39, 0.29) is 5.97 Å². The van der Waals surface area contributed by atoms with Gasteiger partial charge in [-0.1, -0.05) is 17.8 Å². The van der Waals surface area contributed by atoms with Crippen molar-refractivity contribution in [3.05, 3.63) is 10.0 Å². The van der Waals surface area contributed by atoms with Crippen LogP contribution in [0, 0.1) is 0 Å². The fourth-order valence-electron chi connectivity index (χ4n) is 1.33. The summed E-state index contributed by atoms with van der Waals surface area (Å²) in [5.41, 5.74) is 0. The fraction of sp³-hybridized carbons (Fsp3) is 0.667. The number of carbonyl (C=O) groups is 1. The van der Waals surface area contributed by atoms with Crippen LogP contribution in [0.25, 0.3) is 0 Å². The molecule has 0 amide bonds. The van der Waals surface area contributed by atoms with Crippen molar-refractivity contribution in [1.82, 2.24) is 10.2 Å². The first-order valence-electron chi connectivity index (χ1n) is 4.81. The molecule has 0 N–H and O–H groups in total. The standard InChI is InChI=1S/C9H12N2O2S/c1-2-13-9(12)8-11-10-7(14-8)6-4-3-5-6/h6H,2-5H2,1H3. The summed E-state index contributed by atoms with van der Waals surface area (Å²) in [6.45, 7) is 2.17. The molecule has 0 radical (unpaired) electrons. The molecular formula is C9H12N2O2S. The summed E-state index contributed by atoms with van der Waals surface area (Å²) >= 11 is 1.37. The van der Waals surface area contributed by atoms with Crippen molar-refractivity contribution in [2.24, 2.45) is 0 Å². The molecule has 0 saturated heterocycles. The zero-order valence-electron chi connectivity index (χ0n) is 8.02. The van der Waals surface area contributed by atoms with Crippen LogP contribution in [0.4, 0.5) is 0 Å². The van der Waals surface area contributed by atoms with Crippen LogP contribution >= 0.6 is 11.3 Å². The number of nitrogens with zero attached hydrogens (tertiary/aromatic N) is 2. The molecule has 2 rings (SSSR count). The molecule has 0 spiro atoms. The Morgan fingerprint density at radius 3 is 2.93 bits per heavy atom. The van der Waals surface area contributed by atoms with E-state index in [0.717, 1.165) is 5.01 Å². The molecule has 4 nitrogen and oxygen atoms in total. The van der Waals surface area contributed by atoms with Crippen LogP contribution in [-0.2, 0) is 4.74 Å². The highest BCUT2D eigenvalue weighted by Crippen LogP contribution is 2.37. The van der Waals surface area contributed by atoms with Crippen LogP contribution in [0.3, 0.4) is 0 Å². The van der Waals surface area contributed by atoms with Crippen LogP contribution in [0.1, 0.15) is 46.9 Å². The van der Waals surface area contributed by atoms with Gasteiger partial charge in [-0.3, -0.25) is 0 Å². The summed E-state index contributed by atoms with van der Waals surface area (Å²) in [5, 5.41) is 9.21. The molecule has 1 aromatic heterocycles. The Labute approximate surface area is 86.3 Å². The number of carbonyl (C=O) groups excluding carboxylic acids is 1. The van der Waals surface area contributed by atoms with Crippen molar-refractivity contribution in [1.29, 1.82) is 0 Å². The summed E-state index contributed by atoms with van der Waals surface area (Å²) in [6.07, 6.45) is 3.62. The van der Waals surface area contributed by atoms with E-state index in [2.05, 4.69) is 10.2 Å². The molecule has 1 aromatic rings. The van der Waals surface area contributed by atoms with Crippen molar-refractivity contribution in [3.8, 4) is 0 Å². The second-order valence-electron chi connectivity index (χ2n) is 3.29. The van der Waals surface area contributed by atoms with Crippen molar-refractivity contribution in [2.75, 3.05) is 6.61 Å². The molecular weight excluding hydrogens is 200 g/mol. The summed E-state index contributed by atoms with van der Waals surface area (Å²) in [4.78, 5) is 11.3. The van der Waals surface area contributed by atoms with E-state index in [0.29, 0.717) is 17.5 Å². The highest BCUT2D eigenvalue weighted by molar-refractivity contribution is 7.13. The number of hydrogen-bond donors (Lipinski definition) is 0. The van der Waals surface area contributed by atoms with E-state index in [1.807, 2.05) is 0 Å². The first-order chi connectivity index (χ1) is 6.81. The Bertz CT molecular complexity index is 333. The van der Waals surface area contributed by atoms with Gasteiger partial charge in [0.2, 0.25) is 5.01 Å². The van der Waals surface area contributed by atoms with E-state index in [1.165, 1.54) is 30.6 Å². The van der Waals surface area contributed by atoms with Gasteiger partial charge in [-0.05, 0) is 19.8 Å². The van der Waals surface area contributed by atoms with Crippen LogP contribution in [0.2, 0.25) is 0 Å². The number of esters is 1. The van der Waals surface area contributed by atoms with Gasteiger partial charge in [-0.15, -0.1) is 10.2 Å². The monoisotopic (exact) mass is 212 g/mol. The van der Waals surface area contributed by atoms with E-state index in [4.69, 9.17) is 4.74 Å². The van der Waals surface area contributed by atoms with Gasteiger partial charge in [-0.25, -0.2) is 4.79 Å². The lowest BCUT2D eigenvalue weighted by molar-refractivity contribution is 0.0525. The van der Waals surface area contributed by atoms with Crippen molar-refractivity contribution >= 4 is 17.3 Å². The van der Waals surface area contributed by atoms with Gasteiger partial charge < -0.3 is 4.74 Å². The predicted octanol–water partition coefficient (Wildman–Crippen LogP) is 1.98. The maximum atomic E-state index is 11.3. The van der Waals surface area contributed by atoms with E-state index < -0.39 is 0 Å². The average molecular weight is 212 g/mol. The zero-order valence-corrected chi connectivity index (χ0v) is 8.84. The Morgan fingerprint density at radius 2 is 2.36 bits per heavy atom. The predicted molar refractivity (Wildman–Crippen MR) is 52.5 cm³/mol. The van der Waals surface area contributed by atoms with Crippen molar-refractivity contribution < 1.29 is 9.53 Å². The zero-order chi connectivity index (χ0) is 9.97. The quantitative estimate of drug-likeness (QED) is 0.719. The van der Waals surface area contributed by atoms with Gasteiger partial charge in [0.25, 0.3) is 0 Å². The number of ether oxygens (including phenoxy) is 1. The molecule has 0 aromatic carbocycles. The lowest BCUT2D eigenvalue weighted by Crippen LogP contribution is -2.07. The first-order valence-corrected chi connectivity index (χ1v) is 5.63. The SMILES string of the molecule is CCOC(=O)c1nnc(C2CCC2)s1. The maximum Gasteiger partial charge on any atom is 0.369 e. The largest absolute Gasteiger partial charge is 0.461 e. The molecule has 5 heteroatoms. The maximum absolute atomic E-state index is 11.3. The van der Waals surface area contributed by atoms with E-state index >= 15 is 0 Å². The minimum atomic E-state index is -0.351. The molecule has 0 unspecified atom stereocenters. The summed E-state index contributed by atoms with van der Waals surface area (Å²) in [6, 6.07) is 0. The van der Waals surface area contributed by atoms with Gasteiger partial charge in [0.1, 0.15) is 5.01 Å². The molecule has 1 fully saturated rings. The lowest BCUT2D eigenvalue weighted by Gasteiger charge is -2.21. The summed E-state index contributed by atoms with van der Waals surface area (Å²) in [5.74, 6) is 0.186. The fourth-order valence-corrected chi connectivity index (χ4v) is 2.24. The lowest BCUT2D eigenvalue weighted by atomic mass is 9.86. The third-order valence-corrected chi connectivity index (χ3v) is 3.41. The van der Waals surface area contributed by atoms with Gasteiger partial charge in [0.05, 0.1) is 6.61 Å². The summed E-state index contributed by atoms with van der Waals surface area (Å²) in [7, 11) is 0. The van der Waals surface area contributed by atoms with Gasteiger partial charge in [-0.2, -0.15) is 0 Å². The average Bonchev–Trinajstić information content (AvgIpc) is 2.50. The Hall–Kier alpha value is -0.970. The molecule has 1 saturated carbocycles. The molecule has 0 bridgehead atoms. The minimum absolute atomic E-state index is 0.351. The minimum Gasteiger partial charge on any atom is -0.461 e. The number of rotatable bonds is 3. The second-order valence-corrected chi connectivity index (χ2v) is 4.30. The Balaban J connectivity index is 2.05. The van der Waals surface area contributed by atoms with Crippen LogP contribution < -0.4 is 0 Å². The number of hydrogen-bond acceptors (Lipinski definition) is 5.